The highest BCUT2D eigenvalue weighted by Crippen LogP contribution is 2.19. The normalized spacial score (nSPS) is 17.7. The number of rotatable bonds is 5. The number of nitrogens with zero attached hydrogens (tertiary/aromatic N) is 4. The molecule has 7 heteroatoms. The second-order valence-corrected chi connectivity index (χ2v) is 7.31. The molecule has 1 amide bonds. The van der Waals surface area contributed by atoms with Crippen LogP contribution in [0.3, 0.4) is 0 Å². The zero-order chi connectivity index (χ0) is 19.5. The molecule has 1 aliphatic rings. The van der Waals surface area contributed by atoms with E-state index in [2.05, 4.69) is 27.3 Å². The standard InChI is InChI=1S/C21H24FN5O/c1-15-4-2-3-11-26(15)13-10-23-21(28)17-9-12-27-19(14-17)24-25-20(27)16-5-7-18(22)8-6-16/h5-9,12,14-15H,2-4,10-11,13H2,1H3,(H,23,28). The lowest BCUT2D eigenvalue weighted by atomic mass is 10.0. The zero-order valence-corrected chi connectivity index (χ0v) is 15.9. The van der Waals surface area contributed by atoms with E-state index >= 15 is 0 Å². The van der Waals surface area contributed by atoms with Gasteiger partial charge in [0.2, 0.25) is 0 Å². The summed E-state index contributed by atoms with van der Waals surface area (Å²) in [5.41, 5.74) is 1.90. The highest BCUT2D eigenvalue weighted by molar-refractivity contribution is 5.95. The number of hydrogen-bond acceptors (Lipinski definition) is 4. The van der Waals surface area contributed by atoms with E-state index in [1.807, 2.05) is 0 Å². The first-order chi connectivity index (χ1) is 13.6. The van der Waals surface area contributed by atoms with Gasteiger partial charge in [-0.3, -0.25) is 14.1 Å². The van der Waals surface area contributed by atoms with Crippen LogP contribution in [0, 0.1) is 5.82 Å². The predicted molar refractivity (Wildman–Crippen MR) is 106 cm³/mol. The topological polar surface area (TPSA) is 62.5 Å². The molecule has 3 heterocycles. The van der Waals surface area contributed by atoms with Gasteiger partial charge in [-0.25, -0.2) is 4.39 Å². The number of halogens is 1. The number of nitrogens with one attached hydrogen (secondary N) is 1. The van der Waals surface area contributed by atoms with Crippen molar-refractivity contribution in [1.29, 1.82) is 0 Å². The van der Waals surface area contributed by atoms with Crippen LogP contribution in [0.25, 0.3) is 17.0 Å². The lowest BCUT2D eigenvalue weighted by Gasteiger charge is -2.33. The maximum Gasteiger partial charge on any atom is 0.251 e. The Bertz CT molecular complexity index is 969. The van der Waals surface area contributed by atoms with Gasteiger partial charge in [-0.2, -0.15) is 0 Å². The van der Waals surface area contributed by atoms with Crippen molar-refractivity contribution in [2.24, 2.45) is 0 Å². The minimum Gasteiger partial charge on any atom is -0.351 e. The smallest absolute Gasteiger partial charge is 0.251 e. The molecule has 1 unspecified atom stereocenters. The third-order valence-corrected chi connectivity index (χ3v) is 5.40. The first-order valence-corrected chi connectivity index (χ1v) is 9.75. The van der Waals surface area contributed by atoms with Crippen LogP contribution in [0.5, 0.6) is 0 Å². The van der Waals surface area contributed by atoms with Crippen LogP contribution in [-0.4, -0.2) is 51.1 Å². The molecule has 28 heavy (non-hydrogen) atoms. The Hall–Kier alpha value is -2.80. The highest BCUT2D eigenvalue weighted by atomic mass is 19.1. The molecular weight excluding hydrogens is 357 g/mol. The van der Waals surface area contributed by atoms with E-state index in [9.17, 15) is 9.18 Å². The van der Waals surface area contributed by atoms with Crippen LogP contribution in [0.15, 0.2) is 42.6 Å². The molecule has 0 radical (unpaired) electrons. The van der Waals surface area contributed by atoms with Crippen molar-refractivity contribution in [2.45, 2.75) is 32.2 Å². The number of benzene rings is 1. The minimum absolute atomic E-state index is 0.113. The summed E-state index contributed by atoms with van der Waals surface area (Å²) in [5.74, 6) is 0.204. The van der Waals surface area contributed by atoms with Crippen molar-refractivity contribution in [3.05, 3.63) is 54.0 Å². The summed E-state index contributed by atoms with van der Waals surface area (Å²) >= 11 is 0. The molecule has 1 N–H and O–H groups in total. The second kappa shape index (κ2) is 8.06. The Balaban J connectivity index is 1.43. The number of carbonyl (C=O) groups excluding carboxylic acids is 1. The molecule has 1 saturated heterocycles. The average molecular weight is 381 g/mol. The summed E-state index contributed by atoms with van der Waals surface area (Å²) in [4.78, 5) is 14.9. The van der Waals surface area contributed by atoms with E-state index in [1.54, 1.807) is 34.9 Å². The molecule has 0 bridgehead atoms. The van der Waals surface area contributed by atoms with Gasteiger partial charge in [0.05, 0.1) is 0 Å². The molecule has 1 atom stereocenters. The summed E-state index contributed by atoms with van der Waals surface area (Å²) in [7, 11) is 0. The molecule has 0 saturated carbocycles. The van der Waals surface area contributed by atoms with Gasteiger partial charge in [-0.05, 0) is 62.7 Å². The Morgan fingerprint density at radius 2 is 2.04 bits per heavy atom. The lowest BCUT2D eigenvalue weighted by Crippen LogP contribution is -2.42. The number of pyridine rings is 1. The van der Waals surface area contributed by atoms with Crippen molar-refractivity contribution >= 4 is 11.6 Å². The molecule has 3 aromatic rings. The van der Waals surface area contributed by atoms with E-state index in [0.717, 1.165) is 18.7 Å². The predicted octanol–water partition coefficient (Wildman–Crippen LogP) is 3.14. The minimum atomic E-state index is -0.296. The van der Waals surface area contributed by atoms with Crippen molar-refractivity contribution in [1.82, 2.24) is 24.8 Å². The summed E-state index contributed by atoms with van der Waals surface area (Å²) < 4.78 is 14.9. The molecule has 4 rings (SSSR count). The largest absolute Gasteiger partial charge is 0.351 e. The summed E-state index contributed by atoms with van der Waals surface area (Å²) in [6.07, 6.45) is 5.53. The summed E-state index contributed by atoms with van der Waals surface area (Å²) in [6.45, 7) is 4.85. The van der Waals surface area contributed by atoms with Gasteiger partial charge < -0.3 is 5.32 Å². The number of carbonyl (C=O) groups is 1. The van der Waals surface area contributed by atoms with Crippen LogP contribution >= 0.6 is 0 Å². The molecule has 6 nitrogen and oxygen atoms in total. The fourth-order valence-electron chi connectivity index (χ4n) is 3.73. The fourth-order valence-corrected chi connectivity index (χ4v) is 3.73. The van der Waals surface area contributed by atoms with E-state index in [1.165, 1.54) is 31.4 Å². The molecule has 1 aromatic carbocycles. The third-order valence-electron chi connectivity index (χ3n) is 5.40. The SMILES string of the molecule is CC1CCCCN1CCNC(=O)c1ccn2c(-c3ccc(F)cc3)nnc2c1. The highest BCUT2D eigenvalue weighted by Gasteiger charge is 2.18. The molecule has 1 aliphatic heterocycles. The summed E-state index contributed by atoms with van der Waals surface area (Å²) in [6, 6.07) is 10.2. The van der Waals surface area contributed by atoms with Crippen molar-refractivity contribution in [3.63, 3.8) is 0 Å². The van der Waals surface area contributed by atoms with E-state index in [-0.39, 0.29) is 11.7 Å². The molecular formula is C21H24FN5O. The number of fused-ring (bicyclic) bond motifs is 1. The van der Waals surface area contributed by atoms with Crippen LogP contribution in [0.2, 0.25) is 0 Å². The van der Waals surface area contributed by atoms with Crippen LogP contribution < -0.4 is 5.32 Å². The fraction of sp³-hybridized carbons (Fsp3) is 0.381. The Morgan fingerprint density at radius 3 is 2.82 bits per heavy atom. The maximum absolute atomic E-state index is 13.1. The molecule has 0 aliphatic carbocycles. The first kappa shape index (κ1) is 18.6. The quantitative estimate of drug-likeness (QED) is 0.738. The number of piperidine rings is 1. The van der Waals surface area contributed by atoms with E-state index in [4.69, 9.17) is 0 Å². The van der Waals surface area contributed by atoms with Gasteiger partial charge in [-0.15, -0.1) is 10.2 Å². The molecule has 0 spiro atoms. The van der Waals surface area contributed by atoms with Gasteiger partial charge in [-0.1, -0.05) is 6.42 Å². The van der Waals surface area contributed by atoms with Crippen molar-refractivity contribution < 1.29 is 9.18 Å². The number of likely N-dealkylation sites (tertiary alicyclic amines) is 1. The van der Waals surface area contributed by atoms with Crippen molar-refractivity contribution in [3.8, 4) is 11.4 Å². The Kier molecular flexibility index (Phi) is 5.34. The van der Waals surface area contributed by atoms with Crippen LogP contribution in [-0.2, 0) is 0 Å². The van der Waals surface area contributed by atoms with Gasteiger partial charge in [0, 0.05) is 36.5 Å². The van der Waals surface area contributed by atoms with E-state index in [0.29, 0.717) is 29.6 Å². The molecule has 146 valence electrons. The van der Waals surface area contributed by atoms with Crippen LogP contribution in [0.1, 0.15) is 36.5 Å². The molecule has 2 aromatic heterocycles. The number of amides is 1. The Labute approximate surface area is 163 Å². The van der Waals surface area contributed by atoms with Crippen molar-refractivity contribution in [2.75, 3.05) is 19.6 Å². The van der Waals surface area contributed by atoms with Crippen LogP contribution in [0.4, 0.5) is 4.39 Å². The number of hydrogen-bond donors (Lipinski definition) is 1. The third kappa shape index (κ3) is 3.89. The number of aromatic nitrogens is 3. The van der Waals surface area contributed by atoms with Gasteiger partial charge >= 0.3 is 0 Å². The maximum atomic E-state index is 13.1. The molecule has 1 fully saturated rings. The zero-order valence-electron chi connectivity index (χ0n) is 15.9. The second-order valence-electron chi connectivity index (χ2n) is 7.31. The monoisotopic (exact) mass is 381 g/mol. The summed E-state index contributed by atoms with van der Waals surface area (Å²) in [5, 5.41) is 11.3. The Morgan fingerprint density at radius 1 is 1.21 bits per heavy atom. The first-order valence-electron chi connectivity index (χ1n) is 9.75. The average Bonchev–Trinajstić information content (AvgIpc) is 3.13. The van der Waals surface area contributed by atoms with E-state index < -0.39 is 0 Å². The van der Waals surface area contributed by atoms with Gasteiger partial charge in [0.25, 0.3) is 5.91 Å². The van der Waals surface area contributed by atoms with Gasteiger partial charge in [0.15, 0.2) is 11.5 Å². The van der Waals surface area contributed by atoms with Gasteiger partial charge in [0.1, 0.15) is 5.82 Å². The lowest BCUT2D eigenvalue weighted by molar-refractivity contribution is 0.0938.